The Kier molecular flexibility index (Phi) is 2.97. The molecule has 21 heavy (non-hydrogen) atoms. The van der Waals surface area contributed by atoms with Gasteiger partial charge in [-0.25, -0.2) is 8.78 Å². The first-order chi connectivity index (χ1) is 9.99. The minimum atomic E-state index is -1.03. The summed E-state index contributed by atoms with van der Waals surface area (Å²) < 4.78 is 27.8. The number of carbonyl (C=O) groups is 1. The molecule has 2 aromatic carbocycles. The van der Waals surface area contributed by atoms with Crippen LogP contribution in [0.4, 0.5) is 14.5 Å². The van der Waals surface area contributed by atoms with Gasteiger partial charge in [-0.1, -0.05) is 11.6 Å². The van der Waals surface area contributed by atoms with E-state index >= 15 is 0 Å². The summed E-state index contributed by atoms with van der Waals surface area (Å²) in [6, 6.07) is 7.58. The Hall–Kier alpha value is -2.69. The zero-order valence-corrected chi connectivity index (χ0v) is 11.2. The molecule has 0 unspecified atom stereocenters. The van der Waals surface area contributed by atoms with Gasteiger partial charge in [-0.2, -0.15) is 0 Å². The van der Waals surface area contributed by atoms with Gasteiger partial charge in [0.1, 0.15) is 5.82 Å². The summed E-state index contributed by atoms with van der Waals surface area (Å²) >= 11 is 0. The maximum absolute atomic E-state index is 14.0. The highest BCUT2D eigenvalue weighted by atomic mass is 19.1. The number of aryl methyl sites for hydroxylation is 1. The van der Waals surface area contributed by atoms with Gasteiger partial charge < -0.3 is 10.7 Å². The van der Waals surface area contributed by atoms with Gasteiger partial charge >= 0.3 is 0 Å². The number of benzene rings is 2. The lowest BCUT2D eigenvalue weighted by Gasteiger charge is -2.06. The number of aromatic amines is 1. The summed E-state index contributed by atoms with van der Waals surface area (Å²) in [6.45, 7) is 1.88. The van der Waals surface area contributed by atoms with Crippen LogP contribution in [0.5, 0.6) is 0 Å². The molecule has 0 aliphatic carbocycles. The first kappa shape index (κ1) is 13.3. The molecule has 1 heterocycles. The Morgan fingerprint density at radius 3 is 2.71 bits per heavy atom. The summed E-state index contributed by atoms with van der Waals surface area (Å²) in [7, 11) is 0. The Morgan fingerprint density at radius 1 is 1.19 bits per heavy atom. The molecule has 0 bridgehead atoms. The average Bonchev–Trinajstić information content (AvgIpc) is 2.86. The number of hydrogen-bond acceptors (Lipinski definition) is 2. The Bertz CT molecular complexity index is 868. The normalized spacial score (nSPS) is 11.0. The highest BCUT2D eigenvalue weighted by Gasteiger charge is 2.23. The maximum atomic E-state index is 14.0. The molecule has 0 aliphatic rings. The third kappa shape index (κ3) is 2.07. The Morgan fingerprint density at radius 2 is 1.95 bits per heavy atom. The fourth-order valence-corrected chi connectivity index (χ4v) is 2.33. The number of H-pyrrole nitrogens is 1. The molecule has 3 N–H and O–H groups in total. The average molecular weight is 286 g/mol. The van der Waals surface area contributed by atoms with E-state index in [-0.39, 0.29) is 11.3 Å². The Labute approximate surface area is 119 Å². The van der Waals surface area contributed by atoms with Gasteiger partial charge in [-0.05, 0) is 31.2 Å². The fraction of sp³-hybridized carbons (Fsp3) is 0.0625. The fourth-order valence-electron chi connectivity index (χ4n) is 2.33. The zero-order valence-electron chi connectivity index (χ0n) is 11.2. The molecule has 0 radical (unpaired) electrons. The predicted octanol–water partition coefficient (Wildman–Crippen LogP) is 3.57. The molecular formula is C16H12F2N2O. The number of ketones is 1. The van der Waals surface area contributed by atoms with Crippen molar-refractivity contribution in [2.45, 2.75) is 6.92 Å². The van der Waals surface area contributed by atoms with Crippen LogP contribution in [0.25, 0.3) is 10.9 Å². The van der Waals surface area contributed by atoms with Gasteiger partial charge in [0.25, 0.3) is 0 Å². The summed E-state index contributed by atoms with van der Waals surface area (Å²) in [5.41, 5.74) is 6.43. The molecule has 0 amide bonds. The van der Waals surface area contributed by atoms with Crippen LogP contribution in [0.15, 0.2) is 36.5 Å². The van der Waals surface area contributed by atoms with Crippen LogP contribution < -0.4 is 5.73 Å². The van der Waals surface area contributed by atoms with Gasteiger partial charge in [0, 0.05) is 22.7 Å². The van der Waals surface area contributed by atoms with Crippen LogP contribution >= 0.6 is 0 Å². The van der Waals surface area contributed by atoms with E-state index in [9.17, 15) is 13.6 Å². The molecule has 106 valence electrons. The van der Waals surface area contributed by atoms with Crippen LogP contribution in [0.1, 0.15) is 21.5 Å². The minimum Gasteiger partial charge on any atom is -0.396 e. The smallest absolute Gasteiger partial charge is 0.201 e. The number of nitrogens with one attached hydrogen (secondary N) is 1. The van der Waals surface area contributed by atoms with Crippen molar-refractivity contribution in [1.82, 2.24) is 4.98 Å². The number of rotatable bonds is 2. The molecule has 0 saturated carbocycles. The van der Waals surface area contributed by atoms with Crippen molar-refractivity contribution in [3.05, 3.63) is 64.9 Å². The summed E-state index contributed by atoms with van der Waals surface area (Å²) in [4.78, 5) is 15.4. The van der Waals surface area contributed by atoms with E-state index < -0.39 is 23.0 Å². The molecule has 5 heteroatoms. The van der Waals surface area contributed by atoms with E-state index in [1.54, 1.807) is 6.07 Å². The SMILES string of the molecule is Cc1ccc2[nH]cc(C(=O)c3c(F)ccc(N)c3F)c2c1. The lowest BCUT2D eigenvalue weighted by molar-refractivity contribution is 0.103. The number of carbonyl (C=O) groups excluding carboxylic acids is 1. The first-order valence-corrected chi connectivity index (χ1v) is 6.35. The monoisotopic (exact) mass is 286 g/mol. The topological polar surface area (TPSA) is 58.9 Å². The van der Waals surface area contributed by atoms with E-state index in [1.807, 2.05) is 19.1 Å². The standard InChI is InChI=1S/C16H12F2N2O/c1-8-2-5-13-9(6-8)10(7-20-13)16(21)14-11(17)3-4-12(19)15(14)18/h2-7,20H,19H2,1H3. The highest BCUT2D eigenvalue weighted by Crippen LogP contribution is 2.26. The third-order valence-corrected chi connectivity index (χ3v) is 3.43. The van der Waals surface area contributed by atoms with Gasteiger partial charge in [0.2, 0.25) is 5.78 Å². The van der Waals surface area contributed by atoms with E-state index in [4.69, 9.17) is 5.73 Å². The second-order valence-electron chi connectivity index (χ2n) is 4.91. The van der Waals surface area contributed by atoms with E-state index in [0.29, 0.717) is 5.39 Å². The molecule has 0 atom stereocenters. The van der Waals surface area contributed by atoms with Gasteiger partial charge in [-0.15, -0.1) is 0 Å². The molecule has 0 aliphatic heterocycles. The van der Waals surface area contributed by atoms with E-state index in [1.165, 1.54) is 6.20 Å². The molecule has 3 rings (SSSR count). The van der Waals surface area contributed by atoms with Crippen LogP contribution in [0, 0.1) is 18.6 Å². The minimum absolute atomic E-state index is 0.220. The lowest BCUT2D eigenvalue weighted by atomic mass is 10.00. The van der Waals surface area contributed by atoms with Crippen molar-refractivity contribution in [2.75, 3.05) is 5.73 Å². The first-order valence-electron chi connectivity index (χ1n) is 6.35. The summed E-state index contributed by atoms with van der Waals surface area (Å²) in [6.07, 6.45) is 1.45. The van der Waals surface area contributed by atoms with Crippen molar-refractivity contribution in [3.8, 4) is 0 Å². The van der Waals surface area contributed by atoms with Crippen LogP contribution in [-0.4, -0.2) is 10.8 Å². The molecule has 3 nitrogen and oxygen atoms in total. The van der Waals surface area contributed by atoms with Gasteiger partial charge in [0.15, 0.2) is 5.82 Å². The number of nitrogen functional groups attached to an aromatic ring is 1. The maximum Gasteiger partial charge on any atom is 0.201 e. The number of anilines is 1. The molecule has 1 aromatic heterocycles. The summed E-state index contributed by atoms with van der Waals surface area (Å²) in [5, 5.41) is 0.626. The largest absolute Gasteiger partial charge is 0.396 e. The molecular weight excluding hydrogens is 274 g/mol. The number of aromatic nitrogens is 1. The van der Waals surface area contributed by atoms with Crippen LogP contribution in [0.2, 0.25) is 0 Å². The lowest BCUT2D eigenvalue weighted by Crippen LogP contribution is -2.09. The van der Waals surface area contributed by atoms with Crippen molar-refractivity contribution in [1.29, 1.82) is 0 Å². The molecule has 0 spiro atoms. The van der Waals surface area contributed by atoms with E-state index in [0.717, 1.165) is 23.2 Å². The zero-order chi connectivity index (χ0) is 15.1. The highest BCUT2D eigenvalue weighted by molar-refractivity contribution is 6.16. The van der Waals surface area contributed by atoms with Crippen molar-refractivity contribution in [2.24, 2.45) is 0 Å². The van der Waals surface area contributed by atoms with Crippen molar-refractivity contribution < 1.29 is 13.6 Å². The molecule has 0 fully saturated rings. The number of halogens is 2. The van der Waals surface area contributed by atoms with Crippen LogP contribution in [0.3, 0.4) is 0 Å². The molecule has 0 saturated heterocycles. The quantitative estimate of drug-likeness (QED) is 0.559. The van der Waals surface area contributed by atoms with E-state index in [2.05, 4.69) is 4.98 Å². The second-order valence-corrected chi connectivity index (χ2v) is 4.91. The predicted molar refractivity (Wildman–Crippen MR) is 77.2 cm³/mol. The third-order valence-electron chi connectivity index (χ3n) is 3.43. The summed E-state index contributed by atoms with van der Waals surface area (Å²) in [5.74, 6) is -2.68. The second kappa shape index (κ2) is 4.70. The van der Waals surface area contributed by atoms with Gasteiger partial charge in [-0.3, -0.25) is 4.79 Å². The number of fused-ring (bicyclic) bond motifs is 1. The van der Waals surface area contributed by atoms with Crippen molar-refractivity contribution >= 4 is 22.4 Å². The van der Waals surface area contributed by atoms with Gasteiger partial charge in [0.05, 0.1) is 11.3 Å². The van der Waals surface area contributed by atoms with Crippen molar-refractivity contribution in [3.63, 3.8) is 0 Å². The van der Waals surface area contributed by atoms with Crippen LogP contribution in [-0.2, 0) is 0 Å². The number of hydrogen-bond donors (Lipinski definition) is 2. The number of nitrogens with two attached hydrogens (primary N) is 1. The Balaban J connectivity index is 2.22. The molecule has 3 aromatic rings.